The minimum absolute atomic E-state index is 0.0476. The third kappa shape index (κ3) is 3.55. The molecule has 1 aliphatic rings. The quantitative estimate of drug-likeness (QED) is 0.826. The van der Waals surface area contributed by atoms with E-state index >= 15 is 0 Å². The van der Waals surface area contributed by atoms with Crippen molar-refractivity contribution in [2.24, 2.45) is 18.9 Å². The van der Waals surface area contributed by atoms with Crippen LogP contribution >= 0.6 is 0 Å². The summed E-state index contributed by atoms with van der Waals surface area (Å²) in [5.74, 6) is 0.428. The van der Waals surface area contributed by atoms with Crippen LogP contribution in [0.15, 0.2) is 17.6 Å². The minimum Gasteiger partial charge on any atom is -0.396 e. The highest BCUT2D eigenvalue weighted by Gasteiger charge is 2.26. The Kier molecular flexibility index (Phi) is 4.59. The van der Waals surface area contributed by atoms with Crippen LogP contribution in [0.2, 0.25) is 0 Å². The fraction of sp³-hybridized carbons (Fsp3) is 0.750. The number of sulfonamides is 1. The number of aryl methyl sites for hydroxylation is 1. The number of imidazole rings is 1. The normalized spacial score (nSPS) is 24.5. The summed E-state index contributed by atoms with van der Waals surface area (Å²) in [5, 5.41) is 9.37. The van der Waals surface area contributed by atoms with E-state index in [0.717, 1.165) is 25.7 Å². The second kappa shape index (κ2) is 6.02. The highest BCUT2D eigenvalue weighted by atomic mass is 32.2. The van der Waals surface area contributed by atoms with E-state index in [2.05, 4.69) is 9.71 Å². The van der Waals surface area contributed by atoms with Crippen LogP contribution in [0.25, 0.3) is 0 Å². The van der Waals surface area contributed by atoms with Gasteiger partial charge in [0.15, 0.2) is 5.03 Å². The Bertz CT molecular complexity index is 512. The maximum atomic E-state index is 12.0. The number of aliphatic hydroxyl groups is 1. The van der Waals surface area contributed by atoms with E-state index in [1.54, 1.807) is 11.6 Å². The number of rotatable bonds is 5. The first kappa shape index (κ1) is 14.5. The lowest BCUT2D eigenvalue weighted by Gasteiger charge is -2.30. The Hall–Kier alpha value is -0.920. The zero-order chi connectivity index (χ0) is 13.9. The first-order chi connectivity index (χ1) is 9.03. The Morgan fingerprint density at radius 2 is 2.11 bits per heavy atom. The fourth-order valence-corrected chi connectivity index (χ4v) is 3.68. The molecular formula is C12H21N3O3S. The van der Waals surface area contributed by atoms with Crippen molar-refractivity contribution in [2.45, 2.75) is 30.7 Å². The maximum absolute atomic E-state index is 12.0. The molecule has 2 atom stereocenters. The number of hydrogen-bond acceptors (Lipinski definition) is 4. The van der Waals surface area contributed by atoms with Crippen LogP contribution in [-0.2, 0) is 17.1 Å². The lowest BCUT2D eigenvalue weighted by molar-refractivity contribution is 0.136. The molecule has 2 unspecified atom stereocenters. The van der Waals surface area contributed by atoms with Crippen LogP contribution in [-0.4, -0.2) is 36.2 Å². The third-order valence-electron chi connectivity index (χ3n) is 3.79. The molecule has 108 valence electrons. The van der Waals surface area contributed by atoms with Crippen LogP contribution in [0.4, 0.5) is 0 Å². The lowest BCUT2D eigenvalue weighted by Crippen LogP contribution is -2.35. The van der Waals surface area contributed by atoms with Gasteiger partial charge < -0.3 is 9.67 Å². The predicted molar refractivity (Wildman–Crippen MR) is 70.9 cm³/mol. The summed E-state index contributed by atoms with van der Waals surface area (Å²) in [6, 6.07) is 0. The van der Waals surface area contributed by atoms with Crippen molar-refractivity contribution in [3.05, 3.63) is 12.5 Å². The van der Waals surface area contributed by atoms with Gasteiger partial charge in [-0.05, 0) is 24.7 Å². The van der Waals surface area contributed by atoms with Gasteiger partial charge in [0.05, 0.1) is 6.33 Å². The van der Waals surface area contributed by atoms with Crippen molar-refractivity contribution >= 4 is 10.0 Å². The van der Waals surface area contributed by atoms with Gasteiger partial charge in [-0.1, -0.05) is 12.8 Å². The molecule has 19 heavy (non-hydrogen) atoms. The van der Waals surface area contributed by atoms with Crippen LogP contribution in [0.1, 0.15) is 25.7 Å². The van der Waals surface area contributed by atoms with E-state index in [9.17, 15) is 13.5 Å². The molecule has 0 amide bonds. The maximum Gasteiger partial charge on any atom is 0.259 e. The van der Waals surface area contributed by atoms with E-state index in [4.69, 9.17) is 0 Å². The van der Waals surface area contributed by atoms with Crippen LogP contribution in [0.3, 0.4) is 0 Å². The highest BCUT2D eigenvalue weighted by molar-refractivity contribution is 7.89. The third-order valence-corrected chi connectivity index (χ3v) is 5.10. The summed E-state index contributed by atoms with van der Waals surface area (Å²) in [6.07, 6.45) is 7.11. The summed E-state index contributed by atoms with van der Waals surface area (Å²) in [6.45, 7) is 0.514. The molecular weight excluding hydrogens is 266 g/mol. The van der Waals surface area contributed by atoms with Gasteiger partial charge in [0, 0.05) is 26.4 Å². The van der Waals surface area contributed by atoms with E-state index in [1.807, 2.05) is 0 Å². The first-order valence-electron chi connectivity index (χ1n) is 6.61. The molecule has 0 bridgehead atoms. The largest absolute Gasteiger partial charge is 0.396 e. The van der Waals surface area contributed by atoms with E-state index in [-0.39, 0.29) is 23.5 Å². The Labute approximate surface area is 113 Å². The molecule has 1 saturated carbocycles. The van der Waals surface area contributed by atoms with Gasteiger partial charge in [0.2, 0.25) is 0 Å². The number of aromatic nitrogens is 2. The van der Waals surface area contributed by atoms with Gasteiger partial charge in [-0.3, -0.25) is 0 Å². The molecule has 0 spiro atoms. The second-order valence-electron chi connectivity index (χ2n) is 5.22. The molecule has 0 radical (unpaired) electrons. The van der Waals surface area contributed by atoms with Crippen LogP contribution in [0, 0.1) is 11.8 Å². The number of aliphatic hydroxyl groups excluding tert-OH is 1. The molecule has 0 aromatic carbocycles. The molecule has 0 saturated heterocycles. The Balaban J connectivity index is 1.97. The summed E-state index contributed by atoms with van der Waals surface area (Å²) in [5.41, 5.74) is 0. The molecule has 7 heteroatoms. The molecule has 1 aromatic rings. The molecule has 1 aromatic heterocycles. The van der Waals surface area contributed by atoms with Gasteiger partial charge in [0.25, 0.3) is 10.0 Å². The van der Waals surface area contributed by atoms with Crippen molar-refractivity contribution in [3.63, 3.8) is 0 Å². The molecule has 1 heterocycles. The van der Waals surface area contributed by atoms with Crippen molar-refractivity contribution in [1.29, 1.82) is 0 Å². The fourth-order valence-electron chi connectivity index (χ4n) is 2.61. The van der Waals surface area contributed by atoms with Gasteiger partial charge in [0.1, 0.15) is 0 Å². The van der Waals surface area contributed by atoms with Gasteiger partial charge in [-0.15, -0.1) is 0 Å². The Morgan fingerprint density at radius 3 is 2.68 bits per heavy atom. The SMILES string of the molecule is Cn1cnc(S(=O)(=O)NCC2CCCCC2CO)c1. The first-order valence-corrected chi connectivity index (χ1v) is 8.09. The summed E-state index contributed by atoms with van der Waals surface area (Å²) in [7, 11) is -1.80. The number of nitrogens with zero attached hydrogens (tertiary/aromatic N) is 2. The van der Waals surface area contributed by atoms with E-state index in [0.29, 0.717) is 6.54 Å². The number of hydrogen-bond donors (Lipinski definition) is 2. The zero-order valence-corrected chi connectivity index (χ0v) is 11.9. The molecule has 2 rings (SSSR count). The Morgan fingerprint density at radius 1 is 1.42 bits per heavy atom. The van der Waals surface area contributed by atoms with Crippen molar-refractivity contribution in [1.82, 2.24) is 14.3 Å². The van der Waals surface area contributed by atoms with E-state index in [1.165, 1.54) is 12.5 Å². The molecule has 2 N–H and O–H groups in total. The van der Waals surface area contributed by atoms with Crippen LogP contribution < -0.4 is 4.72 Å². The van der Waals surface area contributed by atoms with Crippen molar-refractivity contribution in [2.75, 3.05) is 13.2 Å². The van der Waals surface area contributed by atoms with Crippen molar-refractivity contribution in [3.8, 4) is 0 Å². The average Bonchev–Trinajstić information content (AvgIpc) is 2.84. The summed E-state index contributed by atoms with van der Waals surface area (Å²) < 4.78 is 28.3. The van der Waals surface area contributed by atoms with Crippen LogP contribution in [0.5, 0.6) is 0 Å². The highest BCUT2D eigenvalue weighted by Crippen LogP contribution is 2.29. The topological polar surface area (TPSA) is 84.2 Å². The van der Waals surface area contributed by atoms with E-state index < -0.39 is 10.0 Å². The lowest BCUT2D eigenvalue weighted by atomic mass is 9.80. The van der Waals surface area contributed by atoms with Crippen molar-refractivity contribution < 1.29 is 13.5 Å². The standard InChI is InChI=1S/C12H21N3O3S/c1-15-7-12(13-9-15)19(17,18)14-6-10-4-2-3-5-11(10)8-16/h7,9-11,14,16H,2-6,8H2,1H3. The minimum atomic E-state index is -3.53. The smallest absolute Gasteiger partial charge is 0.259 e. The summed E-state index contributed by atoms with van der Waals surface area (Å²) in [4.78, 5) is 3.85. The van der Waals surface area contributed by atoms with Gasteiger partial charge >= 0.3 is 0 Å². The predicted octanol–water partition coefficient (Wildman–Crippen LogP) is 0.497. The number of nitrogens with one attached hydrogen (secondary N) is 1. The average molecular weight is 287 g/mol. The van der Waals surface area contributed by atoms with Gasteiger partial charge in [-0.25, -0.2) is 18.1 Å². The van der Waals surface area contributed by atoms with Gasteiger partial charge in [-0.2, -0.15) is 0 Å². The molecule has 0 aliphatic heterocycles. The zero-order valence-electron chi connectivity index (χ0n) is 11.1. The molecule has 1 fully saturated rings. The molecule has 6 nitrogen and oxygen atoms in total. The summed E-state index contributed by atoms with van der Waals surface area (Å²) >= 11 is 0. The monoisotopic (exact) mass is 287 g/mol. The molecule has 1 aliphatic carbocycles. The second-order valence-corrected chi connectivity index (χ2v) is 6.93.